The number of phenols is 1. The predicted molar refractivity (Wildman–Crippen MR) is 81.0 cm³/mol. The van der Waals surface area contributed by atoms with Gasteiger partial charge >= 0.3 is 0 Å². The standard InChI is InChI=1S/C13H10NO8S2/c15-11-7-9(4-5-12(11)24(20,21)22)14-13(16)8-2-1-3-10(6-8)23(17,18)19/h1-2,4-7,15H,(H,14,16)(H,17,18,19)(H,20,21,22). The van der Waals surface area contributed by atoms with E-state index in [0.29, 0.717) is 0 Å². The molecule has 0 aliphatic carbocycles. The Morgan fingerprint density at radius 2 is 1.67 bits per heavy atom. The van der Waals surface area contributed by atoms with E-state index >= 15 is 0 Å². The first-order chi connectivity index (χ1) is 11.0. The van der Waals surface area contributed by atoms with Crippen molar-refractivity contribution >= 4 is 31.8 Å². The highest BCUT2D eigenvalue weighted by Crippen LogP contribution is 2.26. The van der Waals surface area contributed by atoms with E-state index in [2.05, 4.69) is 11.4 Å². The van der Waals surface area contributed by atoms with Crippen LogP contribution in [0.4, 0.5) is 5.69 Å². The lowest BCUT2D eigenvalue weighted by Gasteiger charge is -2.08. The largest absolute Gasteiger partial charge is 0.506 e. The van der Waals surface area contributed by atoms with Gasteiger partial charge in [0.1, 0.15) is 15.5 Å². The van der Waals surface area contributed by atoms with Crippen molar-refractivity contribution in [3.05, 3.63) is 48.0 Å². The number of hydrogen-bond donors (Lipinski definition) is 4. The summed E-state index contributed by atoms with van der Waals surface area (Å²) in [6.07, 6.45) is 0. The number of anilines is 1. The molecule has 0 aliphatic heterocycles. The molecule has 24 heavy (non-hydrogen) atoms. The molecule has 0 spiro atoms. The minimum atomic E-state index is -4.61. The number of amides is 1. The second-order valence-electron chi connectivity index (χ2n) is 4.53. The fourth-order valence-corrected chi connectivity index (χ4v) is 2.81. The van der Waals surface area contributed by atoms with Gasteiger partial charge in [-0.1, -0.05) is 6.07 Å². The smallest absolute Gasteiger partial charge is 0.298 e. The van der Waals surface area contributed by atoms with Crippen molar-refractivity contribution in [1.29, 1.82) is 0 Å². The van der Waals surface area contributed by atoms with Crippen LogP contribution in [0, 0.1) is 6.07 Å². The summed E-state index contributed by atoms with van der Waals surface area (Å²) in [4.78, 5) is 10.7. The summed E-state index contributed by atoms with van der Waals surface area (Å²) in [6.45, 7) is 0. The highest BCUT2D eigenvalue weighted by Gasteiger charge is 2.17. The van der Waals surface area contributed by atoms with Crippen LogP contribution in [-0.2, 0) is 20.2 Å². The number of carbonyl (C=O) groups excluding carboxylic acids is 1. The van der Waals surface area contributed by atoms with Crippen LogP contribution in [0.25, 0.3) is 0 Å². The van der Waals surface area contributed by atoms with Gasteiger partial charge in [0, 0.05) is 23.4 Å². The average Bonchev–Trinajstić information content (AvgIpc) is 2.45. The number of hydrogen-bond acceptors (Lipinski definition) is 6. The molecule has 0 saturated heterocycles. The van der Waals surface area contributed by atoms with Crippen LogP contribution in [0.5, 0.6) is 5.75 Å². The third-order valence-electron chi connectivity index (χ3n) is 2.81. The van der Waals surface area contributed by atoms with Gasteiger partial charge in [-0.05, 0) is 24.3 Å². The van der Waals surface area contributed by atoms with Crippen molar-refractivity contribution in [2.45, 2.75) is 9.79 Å². The minimum absolute atomic E-state index is 0.00821. The molecule has 2 aromatic carbocycles. The zero-order valence-corrected chi connectivity index (χ0v) is 13.3. The topological polar surface area (TPSA) is 158 Å². The normalized spacial score (nSPS) is 11.9. The molecule has 4 N–H and O–H groups in total. The van der Waals surface area contributed by atoms with E-state index < -0.39 is 41.7 Å². The quantitative estimate of drug-likeness (QED) is 0.577. The van der Waals surface area contributed by atoms with Gasteiger partial charge in [-0.2, -0.15) is 16.8 Å². The SMILES string of the molecule is O=C(Nc1ccc(S(=O)(=O)O)c(O)c1)c1cc[c]c(S(=O)(=O)O)c1. The van der Waals surface area contributed by atoms with Gasteiger partial charge < -0.3 is 10.4 Å². The lowest BCUT2D eigenvalue weighted by Crippen LogP contribution is -2.13. The van der Waals surface area contributed by atoms with Crippen LogP contribution < -0.4 is 5.32 Å². The maximum atomic E-state index is 12.0. The average molecular weight is 372 g/mol. The minimum Gasteiger partial charge on any atom is -0.506 e. The molecule has 0 aromatic heterocycles. The van der Waals surface area contributed by atoms with E-state index in [1.807, 2.05) is 0 Å². The number of carbonyl (C=O) groups is 1. The summed E-state index contributed by atoms with van der Waals surface area (Å²) >= 11 is 0. The monoisotopic (exact) mass is 372 g/mol. The Bertz CT molecular complexity index is 1010. The zero-order chi connectivity index (χ0) is 18.1. The Morgan fingerprint density at radius 1 is 1.00 bits per heavy atom. The molecule has 0 unspecified atom stereocenters. The van der Waals surface area contributed by atoms with Gasteiger partial charge in [0.05, 0.1) is 0 Å². The molecule has 9 nitrogen and oxygen atoms in total. The van der Waals surface area contributed by atoms with Crippen LogP contribution in [0.1, 0.15) is 10.4 Å². The van der Waals surface area contributed by atoms with Crippen molar-refractivity contribution in [1.82, 2.24) is 0 Å². The molecule has 0 heterocycles. The maximum absolute atomic E-state index is 12.0. The van der Waals surface area contributed by atoms with Gasteiger partial charge in [-0.25, -0.2) is 0 Å². The van der Waals surface area contributed by atoms with E-state index in [-0.39, 0.29) is 11.3 Å². The van der Waals surface area contributed by atoms with Crippen LogP contribution in [-0.4, -0.2) is 37.0 Å². The molecule has 0 bridgehead atoms. The van der Waals surface area contributed by atoms with E-state index in [9.17, 15) is 26.7 Å². The van der Waals surface area contributed by atoms with Gasteiger partial charge in [0.2, 0.25) is 0 Å². The van der Waals surface area contributed by atoms with Crippen molar-refractivity contribution < 1.29 is 35.8 Å². The summed E-state index contributed by atoms with van der Waals surface area (Å²) in [7, 11) is -9.14. The molecule has 0 aliphatic rings. The Morgan fingerprint density at radius 3 is 2.21 bits per heavy atom. The molecule has 0 atom stereocenters. The molecule has 0 saturated carbocycles. The first-order valence-corrected chi connectivity index (χ1v) is 8.97. The first kappa shape index (κ1) is 17.9. The molecule has 127 valence electrons. The second-order valence-corrected chi connectivity index (χ2v) is 7.31. The highest BCUT2D eigenvalue weighted by molar-refractivity contribution is 7.86. The van der Waals surface area contributed by atoms with Gasteiger partial charge in [-0.15, -0.1) is 0 Å². The lowest BCUT2D eigenvalue weighted by atomic mass is 10.2. The molecule has 2 rings (SSSR count). The lowest BCUT2D eigenvalue weighted by molar-refractivity contribution is 0.102. The van der Waals surface area contributed by atoms with Crippen molar-refractivity contribution in [2.24, 2.45) is 0 Å². The van der Waals surface area contributed by atoms with Gasteiger partial charge in [-0.3, -0.25) is 13.9 Å². The Labute approximate surface area is 137 Å². The van der Waals surface area contributed by atoms with Gasteiger partial charge in [0.15, 0.2) is 0 Å². The Kier molecular flexibility index (Phi) is 4.62. The highest BCUT2D eigenvalue weighted by atomic mass is 32.2. The first-order valence-electron chi connectivity index (χ1n) is 6.09. The van der Waals surface area contributed by atoms with Crippen LogP contribution in [0.15, 0.2) is 46.2 Å². The predicted octanol–water partition coefficient (Wildman–Crippen LogP) is 0.938. The summed E-state index contributed by atoms with van der Waals surface area (Å²) in [5.41, 5.74) is -0.133. The van der Waals surface area contributed by atoms with Crippen molar-refractivity contribution in [3.63, 3.8) is 0 Å². The third kappa shape index (κ3) is 4.08. The van der Waals surface area contributed by atoms with E-state index in [1.165, 1.54) is 6.07 Å². The van der Waals surface area contributed by atoms with Crippen LogP contribution >= 0.6 is 0 Å². The summed E-state index contributed by atoms with van der Waals surface area (Å²) in [5, 5.41) is 11.8. The van der Waals surface area contributed by atoms with E-state index in [1.54, 1.807) is 0 Å². The second kappa shape index (κ2) is 6.20. The van der Waals surface area contributed by atoms with Crippen molar-refractivity contribution in [2.75, 3.05) is 5.32 Å². The number of rotatable bonds is 4. The zero-order valence-electron chi connectivity index (χ0n) is 11.7. The third-order valence-corrected chi connectivity index (χ3v) is 4.50. The molecule has 2 aromatic rings. The van der Waals surface area contributed by atoms with E-state index in [0.717, 1.165) is 30.3 Å². The Hall–Kier alpha value is -2.47. The molecular weight excluding hydrogens is 362 g/mol. The summed E-state index contributed by atoms with van der Waals surface area (Å²) in [5.74, 6) is -1.57. The molecule has 11 heteroatoms. The molecule has 1 radical (unpaired) electrons. The van der Waals surface area contributed by atoms with E-state index in [4.69, 9.17) is 9.11 Å². The number of benzene rings is 2. The number of aromatic hydroxyl groups is 1. The fourth-order valence-electron chi connectivity index (χ4n) is 1.75. The van der Waals surface area contributed by atoms with Gasteiger partial charge in [0.25, 0.3) is 26.1 Å². The summed E-state index contributed by atoms with van der Waals surface area (Å²) < 4.78 is 61.8. The molecular formula is C13H10NO8S2. The summed E-state index contributed by atoms with van der Waals surface area (Å²) in [6, 6.07) is 8.37. The Balaban J connectivity index is 2.29. The number of nitrogens with one attached hydrogen (secondary N) is 1. The maximum Gasteiger partial charge on any atom is 0.298 e. The van der Waals surface area contributed by atoms with Crippen LogP contribution in [0.3, 0.4) is 0 Å². The van der Waals surface area contributed by atoms with Crippen molar-refractivity contribution in [3.8, 4) is 5.75 Å². The fraction of sp³-hybridized carbons (Fsp3) is 0. The molecule has 0 fully saturated rings. The molecule has 1 amide bonds. The number of phenolic OH excluding ortho intramolecular Hbond substituents is 1. The van der Waals surface area contributed by atoms with Crippen LogP contribution in [0.2, 0.25) is 0 Å².